The first kappa shape index (κ1) is 14.7. The van der Waals surface area contributed by atoms with E-state index in [1.807, 2.05) is 11.3 Å². The van der Waals surface area contributed by atoms with Crippen LogP contribution in [0.3, 0.4) is 0 Å². The van der Waals surface area contributed by atoms with Crippen molar-refractivity contribution in [3.63, 3.8) is 0 Å². The summed E-state index contributed by atoms with van der Waals surface area (Å²) in [6.07, 6.45) is 1.22. The molecule has 0 radical (unpaired) electrons. The zero-order chi connectivity index (χ0) is 13.1. The lowest BCUT2D eigenvalue weighted by molar-refractivity contribution is 0.389. The lowest BCUT2D eigenvalue weighted by Crippen LogP contribution is -2.25. The minimum Gasteiger partial charge on any atom is -0.309 e. The van der Waals surface area contributed by atoms with Gasteiger partial charge in [0.25, 0.3) is 0 Å². The number of hydrogen-bond acceptors (Lipinski definition) is 2. The van der Waals surface area contributed by atoms with E-state index in [4.69, 9.17) is 0 Å². The smallest absolute Gasteiger partial charge is 0.0440 e. The van der Waals surface area contributed by atoms with Gasteiger partial charge in [-0.3, -0.25) is 0 Å². The number of thiophene rings is 1. The molecule has 0 spiro atoms. The zero-order valence-corrected chi connectivity index (χ0v) is 12.9. The Bertz CT molecular complexity index is 335. The van der Waals surface area contributed by atoms with Crippen LogP contribution in [0.5, 0.6) is 0 Å². The molecule has 2 atom stereocenters. The van der Waals surface area contributed by atoms with Crippen molar-refractivity contribution in [1.82, 2.24) is 5.32 Å². The largest absolute Gasteiger partial charge is 0.309 e. The molecule has 1 aromatic rings. The molecule has 0 aliphatic rings. The molecule has 2 unspecified atom stereocenters. The van der Waals surface area contributed by atoms with Gasteiger partial charge in [0.15, 0.2) is 0 Å². The fourth-order valence-electron chi connectivity index (χ4n) is 1.96. The lowest BCUT2D eigenvalue weighted by Gasteiger charge is -2.23. The van der Waals surface area contributed by atoms with Crippen LogP contribution in [0, 0.1) is 5.92 Å². The topological polar surface area (TPSA) is 12.0 Å². The summed E-state index contributed by atoms with van der Waals surface area (Å²) in [5.41, 5.74) is 0.273. The van der Waals surface area contributed by atoms with Crippen LogP contribution in [-0.4, -0.2) is 6.54 Å². The standard InChI is InChI=1S/C15H27NS/c1-7-11(3)14(16-8-2)12-9-10-13(17-12)15(4,5)6/h9-11,14,16H,7-8H2,1-6H3. The molecule has 1 rings (SSSR count). The quantitative estimate of drug-likeness (QED) is 0.799. The molecule has 0 fully saturated rings. The molecule has 0 saturated heterocycles. The predicted molar refractivity (Wildman–Crippen MR) is 78.9 cm³/mol. The number of hydrogen-bond donors (Lipinski definition) is 1. The molecule has 0 saturated carbocycles. The summed E-state index contributed by atoms with van der Waals surface area (Å²) < 4.78 is 0. The van der Waals surface area contributed by atoms with Gasteiger partial charge in [-0.05, 0) is 30.0 Å². The van der Waals surface area contributed by atoms with Crippen LogP contribution >= 0.6 is 11.3 Å². The highest BCUT2D eigenvalue weighted by atomic mass is 32.1. The third kappa shape index (κ3) is 3.82. The van der Waals surface area contributed by atoms with Crippen molar-refractivity contribution in [2.45, 2.75) is 59.4 Å². The summed E-state index contributed by atoms with van der Waals surface area (Å²) in [4.78, 5) is 2.98. The molecule has 0 aliphatic heterocycles. The number of rotatable bonds is 5. The van der Waals surface area contributed by atoms with Crippen LogP contribution in [0.15, 0.2) is 12.1 Å². The Kier molecular flexibility index (Phi) is 5.21. The summed E-state index contributed by atoms with van der Waals surface area (Å²) >= 11 is 1.97. The second-order valence-electron chi connectivity index (χ2n) is 5.87. The minimum atomic E-state index is 0.273. The normalized spacial score (nSPS) is 15.9. The Balaban J connectivity index is 2.92. The van der Waals surface area contributed by atoms with Gasteiger partial charge in [-0.25, -0.2) is 0 Å². The van der Waals surface area contributed by atoms with Crippen LogP contribution < -0.4 is 5.32 Å². The van der Waals surface area contributed by atoms with E-state index >= 15 is 0 Å². The van der Waals surface area contributed by atoms with Gasteiger partial charge in [-0.15, -0.1) is 11.3 Å². The molecule has 0 aromatic carbocycles. The van der Waals surface area contributed by atoms with Gasteiger partial charge in [0.05, 0.1) is 0 Å². The first-order valence-corrected chi connectivity index (χ1v) is 7.55. The van der Waals surface area contributed by atoms with E-state index in [0.717, 1.165) is 6.54 Å². The van der Waals surface area contributed by atoms with E-state index < -0.39 is 0 Å². The average Bonchev–Trinajstić information content (AvgIpc) is 2.73. The molecule has 1 N–H and O–H groups in total. The van der Waals surface area contributed by atoms with Crippen molar-refractivity contribution in [1.29, 1.82) is 0 Å². The van der Waals surface area contributed by atoms with Crippen molar-refractivity contribution in [3.8, 4) is 0 Å². The second-order valence-corrected chi connectivity index (χ2v) is 6.99. The summed E-state index contributed by atoms with van der Waals surface area (Å²) in [6, 6.07) is 5.13. The second kappa shape index (κ2) is 6.01. The Morgan fingerprint density at radius 1 is 1.24 bits per heavy atom. The maximum absolute atomic E-state index is 3.62. The van der Waals surface area contributed by atoms with Gasteiger partial charge < -0.3 is 5.32 Å². The molecule has 98 valence electrons. The molecular weight excluding hydrogens is 226 g/mol. The van der Waals surface area contributed by atoms with E-state index in [2.05, 4.69) is 59.0 Å². The molecule has 0 amide bonds. The van der Waals surface area contributed by atoms with Gasteiger partial charge in [0, 0.05) is 15.8 Å². The summed E-state index contributed by atoms with van der Waals surface area (Å²) in [5.74, 6) is 0.696. The molecule has 1 heterocycles. The fraction of sp³-hybridized carbons (Fsp3) is 0.733. The van der Waals surface area contributed by atoms with Crippen LogP contribution in [0.1, 0.15) is 63.8 Å². The van der Waals surface area contributed by atoms with Gasteiger partial charge in [-0.2, -0.15) is 0 Å². The van der Waals surface area contributed by atoms with Crippen molar-refractivity contribution in [2.75, 3.05) is 6.54 Å². The molecular formula is C15H27NS. The van der Waals surface area contributed by atoms with E-state index in [-0.39, 0.29) is 5.41 Å². The monoisotopic (exact) mass is 253 g/mol. The Morgan fingerprint density at radius 3 is 2.29 bits per heavy atom. The minimum absolute atomic E-state index is 0.273. The Morgan fingerprint density at radius 2 is 1.88 bits per heavy atom. The maximum atomic E-state index is 3.62. The third-order valence-corrected chi connectivity index (χ3v) is 4.90. The Labute approximate surface area is 111 Å². The van der Waals surface area contributed by atoms with Gasteiger partial charge >= 0.3 is 0 Å². The molecule has 1 nitrogen and oxygen atoms in total. The van der Waals surface area contributed by atoms with E-state index in [9.17, 15) is 0 Å². The van der Waals surface area contributed by atoms with Crippen LogP contribution in [-0.2, 0) is 5.41 Å². The SMILES string of the molecule is CCNC(c1ccc(C(C)(C)C)s1)C(C)CC. The highest BCUT2D eigenvalue weighted by Gasteiger charge is 2.22. The van der Waals surface area contributed by atoms with Gasteiger partial charge in [-0.1, -0.05) is 48.0 Å². The van der Waals surface area contributed by atoms with E-state index in [1.54, 1.807) is 0 Å². The lowest BCUT2D eigenvalue weighted by atomic mass is 9.94. The number of nitrogens with one attached hydrogen (secondary N) is 1. The van der Waals surface area contributed by atoms with Crippen molar-refractivity contribution in [3.05, 3.63) is 21.9 Å². The van der Waals surface area contributed by atoms with Gasteiger partial charge in [0.1, 0.15) is 0 Å². The van der Waals surface area contributed by atoms with Crippen molar-refractivity contribution in [2.24, 2.45) is 5.92 Å². The molecule has 17 heavy (non-hydrogen) atoms. The van der Waals surface area contributed by atoms with Crippen LogP contribution in [0.4, 0.5) is 0 Å². The van der Waals surface area contributed by atoms with Crippen molar-refractivity contribution < 1.29 is 0 Å². The van der Waals surface area contributed by atoms with Crippen LogP contribution in [0.2, 0.25) is 0 Å². The maximum Gasteiger partial charge on any atom is 0.0440 e. The Hall–Kier alpha value is -0.340. The average molecular weight is 253 g/mol. The summed E-state index contributed by atoms with van der Waals surface area (Å²) in [6.45, 7) is 14.7. The molecule has 0 aliphatic carbocycles. The first-order valence-electron chi connectivity index (χ1n) is 6.73. The summed E-state index contributed by atoms with van der Waals surface area (Å²) in [5, 5.41) is 3.62. The molecule has 2 heteroatoms. The molecule has 1 aromatic heterocycles. The zero-order valence-electron chi connectivity index (χ0n) is 12.1. The van der Waals surface area contributed by atoms with E-state index in [1.165, 1.54) is 16.2 Å². The molecule has 0 bridgehead atoms. The highest BCUT2D eigenvalue weighted by Crippen LogP contribution is 2.35. The summed E-state index contributed by atoms with van der Waals surface area (Å²) in [7, 11) is 0. The third-order valence-electron chi connectivity index (χ3n) is 3.31. The first-order chi connectivity index (χ1) is 7.90. The predicted octanol–water partition coefficient (Wildman–Crippen LogP) is 4.74. The van der Waals surface area contributed by atoms with Crippen molar-refractivity contribution >= 4 is 11.3 Å². The fourth-order valence-corrected chi connectivity index (χ4v) is 3.24. The van der Waals surface area contributed by atoms with Gasteiger partial charge in [0.2, 0.25) is 0 Å². The van der Waals surface area contributed by atoms with E-state index in [0.29, 0.717) is 12.0 Å². The van der Waals surface area contributed by atoms with Crippen LogP contribution in [0.25, 0.3) is 0 Å². The highest BCUT2D eigenvalue weighted by molar-refractivity contribution is 7.12.